The van der Waals surface area contributed by atoms with E-state index in [4.69, 9.17) is 0 Å². The summed E-state index contributed by atoms with van der Waals surface area (Å²) in [5.74, 6) is -1.58. The second kappa shape index (κ2) is 5.46. The molecule has 1 aromatic carbocycles. The zero-order valence-electron chi connectivity index (χ0n) is 11.1. The molecule has 0 fully saturated rings. The summed E-state index contributed by atoms with van der Waals surface area (Å²) >= 11 is 1.57. The van der Waals surface area contributed by atoms with E-state index in [1.807, 2.05) is 11.4 Å². The molecule has 0 saturated carbocycles. The predicted molar refractivity (Wildman–Crippen MR) is 76.9 cm³/mol. The maximum atomic E-state index is 13.3. The monoisotopic (exact) mass is 307 g/mol. The van der Waals surface area contributed by atoms with Crippen molar-refractivity contribution in [2.75, 3.05) is 6.54 Å². The number of benzene rings is 1. The third-order valence-corrected chi connectivity index (χ3v) is 4.62. The molecule has 2 aromatic rings. The summed E-state index contributed by atoms with van der Waals surface area (Å²) in [5.41, 5.74) is 1.39. The molecule has 1 unspecified atom stereocenters. The summed E-state index contributed by atoms with van der Waals surface area (Å²) in [7, 11) is 0. The van der Waals surface area contributed by atoms with Crippen molar-refractivity contribution in [3.05, 3.63) is 51.5 Å². The molecule has 2 N–H and O–H groups in total. The molecule has 110 valence electrons. The topological polar surface area (TPSA) is 60.8 Å². The Bertz CT molecular complexity index is 665. The van der Waals surface area contributed by atoms with Gasteiger partial charge >= 0.3 is 5.97 Å². The lowest BCUT2D eigenvalue weighted by atomic mass is 9.99. The van der Waals surface area contributed by atoms with Crippen LogP contribution in [-0.2, 0) is 17.8 Å². The van der Waals surface area contributed by atoms with Crippen molar-refractivity contribution < 1.29 is 19.4 Å². The molecule has 0 amide bonds. The van der Waals surface area contributed by atoms with Crippen LogP contribution in [0.3, 0.4) is 0 Å². The molecule has 0 saturated heterocycles. The van der Waals surface area contributed by atoms with Crippen molar-refractivity contribution in [1.82, 2.24) is 4.90 Å². The van der Waals surface area contributed by atoms with E-state index in [-0.39, 0.29) is 12.3 Å². The lowest BCUT2D eigenvalue weighted by molar-refractivity contribution is -0.144. The Morgan fingerprint density at radius 1 is 1.43 bits per heavy atom. The molecule has 3 rings (SSSR count). The molecule has 0 radical (unpaired) electrons. The number of rotatable bonds is 3. The van der Waals surface area contributed by atoms with Gasteiger partial charge in [-0.15, -0.1) is 11.3 Å². The average molecular weight is 307 g/mol. The molecule has 1 atom stereocenters. The first-order chi connectivity index (χ1) is 10.0. The van der Waals surface area contributed by atoms with Crippen LogP contribution in [0.25, 0.3) is 0 Å². The number of carboxylic acid groups (broad SMARTS) is 1. The first-order valence-electron chi connectivity index (χ1n) is 6.56. The third kappa shape index (κ3) is 2.77. The van der Waals surface area contributed by atoms with Crippen molar-refractivity contribution in [3.63, 3.8) is 0 Å². The van der Waals surface area contributed by atoms with E-state index in [2.05, 4.69) is 0 Å². The summed E-state index contributed by atoms with van der Waals surface area (Å²) in [6.45, 7) is 0.888. The minimum absolute atomic E-state index is 0.148. The largest absolute Gasteiger partial charge is 0.508 e. The van der Waals surface area contributed by atoms with Gasteiger partial charge in [-0.1, -0.05) is 0 Å². The molecule has 21 heavy (non-hydrogen) atoms. The molecular formula is C15H14FNO3S. The molecule has 0 bridgehead atoms. The molecule has 0 spiro atoms. The fourth-order valence-corrected chi connectivity index (χ4v) is 3.69. The van der Waals surface area contributed by atoms with Crippen molar-refractivity contribution in [2.24, 2.45) is 0 Å². The first-order valence-corrected chi connectivity index (χ1v) is 7.44. The van der Waals surface area contributed by atoms with Gasteiger partial charge in [-0.25, -0.2) is 4.39 Å². The predicted octanol–water partition coefficient (Wildman–Crippen LogP) is 2.78. The normalized spacial score (nSPS) is 18.4. The highest BCUT2D eigenvalue weighted by Crippen LogP contribution is 2.34. The van der Waals surface area contributed by atoms with Gasteiger partial charge in [0, 0.05) is 24.0 Å². The van der Waals surface area contributed by atoms with Gasteiger partial charge in [0.05, 0.1) is 0 Å². The Morgan fingerprint density at radius 3 is 2.95 bits per heavy atom. The highest BCUT2D eigenvalue weighted by Gasteiger charge is 2.33. The van der Waals surface area contributed by atoms with Crippen LogP contribution in [0, 0.1) is 5.82 Å². The van der Waals surface area contributed by atoms with Gasteiger partial charge in [-0.3, -0.25) is 9.69 Å². The summed E-state index contributed by atoms with van der Waals surface area (Å²) in [6, 6.07) is 4.94. The average Bonchev–Trinajstić information content (AvgIpc) is 2.84. The van der Waals surface area contributed by atoms with Gasteiger partial charge in [-0.05, 0) is 41.1 Å². The second-order valence-electron chi connectivity index (χ2n) is 5.08. The van der Waals surface area contributed by atoms with Crippen molar-refractivity contribution in [3.8, 4) is 5.75 Å². The van der Waals surface area contributed by atoms with E-state index in [0.29, 0.717) is 12.1 Å². The second-order valence-corrected chi connectivity index (χ2v) is 6.08. The number of halogens is 1. The summed E-state index contributed by atoms with van der Waals surface area (Å²) in [6.07, 6.45) is 0.790. The molecule has 4 nitrogen and oxygen atoms in total. The Labute approximate surface area is 125 Å². The fourth-order valence-electron chi connectivity index (χ4n) is 2.79. The van der Waals surface area contributed by atoms with E-state index >= 15 is 0 Å². The molecule has 1 aromatic heterocycles. The Hall–Kier alpha value is -1.92. The molecule has 6 heteroatoms. The lowest BCUT2D eigenvalue weighted by Crippen LogP contribution is -2.38. The standard InChI is InChI=1S/C15H14FNO3S/c16-10-5-9(6-11(18)7-10)8-17-3-1-13-12(2-4-21-13)14(17)15(19)20/h2,4-7,14,18H,1,3,8H2,(H,19,20). The third-order valence-electron chi connectivity index (χ3n) is 3.63. The summed E-state index contributed by atoms with van der Waals surface area (Å²) in [4.78, 5) is 14.5. The zero-order valence-corrected chi connectivity index (χ0v) is 11.9. The Morgan fingerprint density at radius 2 is 2.24 bits per heavy atom. The number of carbonyl (C=O) groups is 1. The quantitative estimate of drug-likeness (QED) is 0.915. The summed E-state index contributed by atoms with van der Waals surface area (Å²) in [5, 5.41) is 20.9. The van der Waals surface area contributed by atoms with Gasteiger partial charge in [0.2, 0.25) is 0 Å². The van der Waals surface area contributed by atoms with Crippen LogP contribution >= 0.6 is 11.3 Å². The minimum Gasteiger partial charge on any atom is -0.508 e. The van der Waals surface area contributed by atoms with Crippen LogP contribution in [0.15, 0.2) is 29.6 Å². The van der Waals surface area contributed by atoms with Crippen molar-refractivity contribution in [2.45, 2.75) is 19.0 Å². The van der Waals surface area contributed by atoms with Gasteiger partial charge < -0.3 is 10.2 Å². The number of fused-ring (bicyclic) bond motifs is 1. The highest BCUT2D eigenvalue weighted by atomic mass is 32.1. The maximum Gasteiger partial charge on any atom is 0.325 e. The molecule has 0 aliphatic carbocycles. The van der Waals surface area contributed by atoms with Crippen LogP contribution in [-0.4, -0.2) is 27.6 Å². The van der Waals surface area contributed by atoms with Gasteiger partial charge in [-0.2, -0.15) is 0 Å². The van der Waals surface area contributed by atoms with Crippen LogP contribution in [0.5, 0.6) is 5.75 Å². The highest BCUT2D eigenvalue weighted by molar-refractivity contribution is 7.10. The number of aromatic hydroxyl groups is 1. The number of thiophene rings is 1. The van der Waals surface area contributed by atoms with Gasteiger partial charge in [0.15, 0.2) is 0 Å². The molecule has 1 aliphatic heterocycles. The number of phenolic OH excluding ortho intramolecular Hbond substituents is 1. The van der Waals surface area contributed by atoms with E-state index in [0.717, 1.165) is 22.9 Å². The summed E-state index contributed by atoms with van der Waals surface area (Å²) < 4.78 is 13.3. The molecule has 2 heterocycles. The maximum absolute atomic E-state index is 13.3. The van der Waals surface area contributed by atoms with Crippen LogP contribution in [0.4, 0.5) is 4.39 Å². The minimum atomic E-state index is -0.907. The first kappa shape index (κ1) is 14.0. The number of nitrogens with zero attached hydrogens (tertiary/aromatic N) is 1. The molecular weight excluding hydrogens is 293 g/mol. The number of aliphatic carboxylic acids is 1. The number of phenols is 1. The zero-order chi connectivity index (χ0) is 15.0. The number of hydrogen-bond donors (Lipinski definition) is 2. The van der Waals surface area contributed by atoms with Crippen LogP contribution < -0.4 is 0 Å². The SMILES string of the molecule is O=C(O)C1c2ccsc2CCN1Cc1cc(O)cc(F)c1. The lowest BCUT2D eigenvalue weighted by Gasteiger charge is -2.33. The Kier molecular flexibility index (Phi) is 3.65. The van der Waals surface area contributed by atoms with E-state index in [1.54, 1.807) is 16.2 Å². The van der Waals surface area contributed by atoms with E-state index < -0.39 is 17.8 Å². The van der Waals surface area contributed by atoms with Crippen LogP contribution in [0.1, 0.15) is 22.0 Å². The van der Waals surface area contributed by atoms with E-state index in [9.17, 15) is 19.4 Å². The molecule has 1 aliphatic rings. The Balaban J connectivity index is 1.89. The van der Waals surface area contributed by atoms with E-state index in [1.165, 1.54) is 12.1 Å². The smallest absolute Gasteiger partial charge is 0.325 e. The number of hydrogen-bond acceptors (Lipinski definition) is 4. The van der Waals surface area contributed by atoms with Gasteiger partial charge in [0.1, 0.15) is 17.6 Å². The van der Waals surface area contributed by atoms with Crippen LogP contribution in [0.2, 0.25) is 0 Å². The van der Waals surface area contributed by atoms with Gasteiger partial charge in [0.25, 0.3) is 0 Å². The van der Waals surface area contributed by atoms with Crippen molar-refractivity contribution in [1.29, 1.82) is 0 Å². The fraction of sp³-hybridized carbons (Fsp3) is 0.267. The number of carboxylic acids is 1. The van der Waals surface area contributed by atoms with Crippen molar-refractivity contribution >= 4 is 17.3 Å².